The summed E-state index contributed by atoms with van der Waals surface area (Å²) in [5, 5.41) is 13.8. The highest BCUT2D eigenvalue weighted by Crippen LogP contribution is 2.21. The summed E-state index contributed by atoms with van der Waals surface area (Å²) in [6, 6.07) is 9.01. The van der Waals surface area contributed by atoms with Gasteiger partial charge in [-0.05, 0) is 36.2 Å². The second-order valence-corrected chi connectivity index (χ2v) is 5.93. The van der Waals surface area contributed by atoms with E-state index < -0.39 is 16.0 Å². The number of ether oxygens (including phenoxy) is 1. The Morgan fingerprint density at radius 1 is 1.14 bits per heavy atom. The van der Waals surface area contributed by atoms with Gasteiger partial charge in [-0.1, -0.05) is 0 Å². The molecule has 28 heavy (non-hydrogen) atoms. The number of non-ortho nitro benzene ring substituents is 1. The van der Waals surface area contributed by atoms with Crippen molar-refractivity contribution in [3.8, 4) is 5.75 Å². The normalized spacial score (nSPS) is 10.6. The third-order valence-electron chi connectivity index (χ3n) is 4.14. The Hall–Kier alpha value is -3.95. The standard InChI is InChI=1S/C18H16N4O6/c1-28-13-4-2-10(3-5-13)16(23)19-7-6-11-8-12(22(26)27)9-14-15(11)21-18(25)17(24)20-14/h2-5,8-9H,6-7H2,1H3,(H,19,23)(H,20,24)(H,21,25). The molecule has 1 amide bonds. The van der Waals surface area contributed by atoms with Crippen LogP contribution in [0.25, 0.3) is 11.0 Å². The third kappa shape index (κ3) is 3.90. The highest BCUT2D eigenvalue weighted by molar-refractivity contribution is 5.94. The number of carbonyl (C=O) groups excluding carboxylic acids is 1. The molecule has 0 atom stereocenters. The van der Waals surface area contributed by atoms with Crippen molar-refractivity contribution < 1.29 is 14.5 Å². The van der Waals surface area contributed by atoms with Gasteiger partial charge in [0, 0.05) is 24.2 Å². The average Bonchev–Trinajstić information content (AvgIpc) is 2.68. The van der Waals surface area contributed by atoms with Gasteiger partial charge in [0.1, 0.15) is 5.75 Å². The van der Waals surface area contributed by atoms with E-state index in [1.807, 2.05) is 0 Å². The molecule has 0 radical (unpaired) electrons. The molecule has 144 valence electrons. The summed E-state index contributed by atoms with van der Waals surface area (Å²) in [5.74, 6) is 0.303. The SMILES string of the molecule is COc1ccc(C(=O)NCCc2cc([N+](=O)[O-])cc3[nH]c(=O)c(=O)[nH]c23)cc1. The zero-order valence-electron chi connectivity index (χ0n) is 14.8. The van der Waals surface area contributed by atoms with Gasteiger partial charge in [0.05, 0.1) is 23.1 Å². The summed E-state index contributed by atoms with van der Waals surface area (Å²) in [4.78, 5) is 50.6. The van der Waals surface area contributed by atoms with Gasteiger partial charge in [0.2, 0.25) is 0 Å². The first kappa shape index (κ1) is 18.8. The van der Waals surface area contributed by atoms with Crippen LogP contribution in [0.5, 0.6) is 5.75 Å². The lowest BCUT2D eigenvalue weighted by atomic mass is 10.1. The Bertz CT molecular complexity index is 1160. The topological polar surface area (TPSA) is 147 Å². The molecule has 0 saturated heterocycles. The number of nitrogens with zero attached hydrogens (tertiary/aromatic N) is 1. The van der Waals surface area contributed by atoms with Crippen LogP contribution in [0.3, 0.4) is 0 Å². The lowest BCUT2D eigenvalue weighted by Gasteiger charge is -2.08. The van der Waals surface area contributed by atoms with Gasteiger partial charge in [0.15, 0.2) is 0 Å². The molecule has 2 aromatic carbocycles. The van der Waals surface area contributed by atoms with Gasteiger partial charge in [-0.2, -0.15) is 0 Å². The second-order valence-electron chi connectivity index (χ2n) is 5.93. The number of hydrogen-bond donors (Lipinski definition) is 3. The number of aromatic nitrogens is 2. The Morgan fingerprint density at radius 2 is 1.82 bits per heavy atom. The summed E-state index contributed by atoms with van der Waals surface area (Å²) in [6.45, 7) is 0.169. The number of aromatic amines is 2. The van der Waals surface area contributed by atoms with Crippen LogP contribution in [0.15, 0.2) is 46.0 Å². The monoisotopic (exact) mass is 384 g/mol. The summed E-state index contributed by atoms with van der Waals surface area (Å²) < 4.78 is 5.04. The van der Waals surface area contributed by atoms with Gasteiger partial charge in [-0.25, -0.2) is 0 Å². The van der Waals surface area contributed by atoms with Crippen LogP contribution in [0, 0.1) is 10.1 Å². The van der Waals surface area contributed by atoms with Gasteiger partial charge in [-0.15, -0.1) is 0 Å². The van der Waals surface area contributed by atoms with E-state index in [1.54, 1.807) is 24.3 Å². The number of methoxy groups -OCH3 is 1. The molecule has 10 heteroatoms. The van der Waals surface area contributed by atoms with E-state index in [2.05, 4.69) is 15.3 Å². The van der Waals surface area contributed by atoms with Crippen molar-refractivity contribution in [3.05, 3.63) is 78.3 Å². The Labute approximate surface area is 157 Å². The highest BCUT2D eigenvalue weighted by atomic mass is 16.6. The van der Waals surface area contributed by atoms with Crippen LogP contribution in [-0.4, -0.2) is 34.5 Å². The first-order chi connectivity index (χ1) is 13.4. The van der Waals surface area contributed by atoms with E-state index in [1.165, 1.54) is 19.2 Å². The molecule has 1 aromatic heterocycles. The van der Waals surface area contributed by atoms with Crippen LogP contribution in [0.2, 0.25) is 0 Å². The van der Waals surface area contributed by atoms with Crippen molar-refractivity contribution in [2.24, 2.45) is 0 Å². The zero-order chi connectivity index (χ0) is 20.3. The van der Waals surface area contributed by atoms with Crippen molar-refractivity contribution >= 4 is 22.6 Å². The van der Waals surface area contributed by atoms with Gasteiger partial charge in [-0.3, -0.25) is 24.5 Å². The molecule has 0 aliphatic carbocycles. The molecule has 3 N–H and O–H groups in total. The van der Waals surface area contributed by atoms with Gasteiger partial charge < -0.3 is 20.0 Å². The molecule has 0 fully saturated rings. The fourth-order valence-corrected chi connectivity index (χ4v) is 2.74. The van der Waals surface area contributed by atoms with Crippen molar-refractivity contribution in [2.45, 2.75) is 6.42 Å². The van der Waals surface area contributed by atoms with E-state index >= 15 is 0 Å². The molecule has 3 rings (SSSR count). The minimum absolute atomic E-state index is 0.148. The summed E-state index contributed by atoms with van der Waals surface area (Å²) in [6.07, 6.45) is 0.210. The van der Waals surface area contributed by atoms with E-state index in [0.717, 1.165) is 0 Å². The fraction of sp³-hybridized carbons (Fsp3) is 0.167. The maximum absolute atomic E-state index is 12.2. The Balaban J connectivity index is 1.81. The number of carbonyl (C=O) groups is 1. The minimum atomic E-state index is -0.897. The largest absolute Gasteiger partial charge is 0.497 e. The van der Waals surface area contributed by atoms with Crippen LogP contribution in [-0.2, 0) is 6.42 Å². The zero-order valence-corrected chi connectivity index (χ0v) is 14.8. The lowest BCUT2D eigenvalue weighted by molar-refractivity contribution is -0.384. The number of nitrogens with one attached hydrogen (secondary N) is 3. The van der Waals surface area contributed by atoms with Crippen molar-refractivity contribution in [3.63, 3.8) is 0 Å². The molecule has 10 nitrogen and oxygen atoms in total. The summed E-state index contributed by atoms with van der Waals surface area (Å²) >= 11 is 0. The molecule has 0 aliphatic rings. The predicted molar refractivity (Wildman–Crippen MR) is 101 cm³/mol. The van der Waals surface area contributed by atoms with E-state index in [9.17, 15) is 24.5 Å². The Morgan fingerprint density at radius 3 is 2.46 bits per heavy atom. The maximum atomic E-state index is 12.2. The van der Waals surface area contributed by atoms with Crippen molar-refractivity contribution in [1.29, 1.82) is 0 Å². The van der Waals surface area contributed by atoms with Crippen LogP contribution >= 0.6 is 0 Å². The molecule has 0 aliphatic heterocycles. The molecular formula is C18H16N4O6. The number of nitro benzene ring substituents is 1. The van der Waals surface area contributed by atoms with Crippen LogP contribution < -0.4 is 21.2 Å². The number of benzene rings is 2. The van der Waals surface area contributed by atoms with Gasteiger partial charge in [0.25, 0.3) is 11.6 Å². The minimum Gasteiger partial charge on any atom is -0.497 e. The Kier molecular flexibility index (Phi) is 5.21. The number of nitro groups is 1. The maximum Gasteiger partial charge on any atom is 0.314 e. The smallest absolute Gasteiger partial charge is 0.314 e. The third-order valence-corrected chi connectivity index (χ3v) is 4.14. The molecule has 0 bridgehead atoms. The van der Waals surface area contributed by atoms with Crippen LogP contribution in [0.4, 0.5) is 5.69 Å². The first-order valence-electron chi connectivity index (χ1n) is 8.25. The van der Waals surface area contributed by atoms with Crippen molar-refractivity contribution in [1.82, 2.24) is 15.3 Å². The number of hydrogen-bond acceptors (Lipinski definition) is 6. The predicted octanol–water partition coefficient (Wildman–Crippen LogP) is 1.11. The van der Waals surface area contributed by atoms with Gasteiger partial charge >= 0.3 is 11.1 Å². The van der Waals surface area contributed by atoms with E-state index in [0.29, 0.717) is 16.9 Å². The number of fused-ring (bicyclic) bond motifs is 1. The number of H-pyrrole nitrogens is 2. The lowest BCUT2D eigenvalue weighted by Crippen LogP contribution is -2.30. The first-order valence-corrected chi connectivity index (χ1v) is 8.25. The summed E-state index contributed by atoms with van der Waals surface area (Å²) in [5.41, 5.74) is -0.692. The number of amides is 1. The highest BCUT2D eigenvalue weighted by Gasteiger charge is 2.14. The van der Waals surface area contributed by atoms with E-state index in [-0.39, 0.29) is 35.6 Å². The molecule has 0 unspecified atom stereocenters. The molecule has 0 saturated carbocycles. The molecule has 1 heterocycles. The molecule has 0 spiro atoms. The number of rotatable bonds is 6. The van der Waals surface area contributed by atoms with Crippen molar-refractivity contribution in [2.75, 3.05) is 13.7 Å². The second kappa shape index (κ2) is 7.74. The average molecular weight is 384 g/mol. The fourth-order valence-electron chi connectivity index (χ4n) is 2.74. The summed E-state index contributed by atoms with van der Waals surface area (Å²) in [7, 11) is 1.52. The molecular weight excluding hydrogens is 368 g/mol. The van der Waals surface area contributed by atoms with E-state index in [4.69, 9.17) is 4.74 Å². The molecule has 3 aromatic rings. The van der Waals surface area contributed by atoms with Crippen LogP contribution in [0.1, 0.15) is 15.9 Å². The quantitative estimate of drug-likeness (QED) is 0.329.